The van der Waals surface area contributed by atoms with Crippen LogP contribution in [0, 0.1) is 5.92 Å². The van der Waals surface area contributed by atoms with Gasteiger partial charge in [-0.05, 0) is 6.42 Å². The van der Waals surface area contributed by atoms with Crippen LogP contribution in [0.4, 0.5) is 11.6 Å². The highest BCUT2D eigenvalue weighted by Crippen LogP contribution is 2.52. The minimum atomic E-state index is -0.550. The molecule has 2 rings (SSSR count). The maximum Gasteiger partial charge on any atom is 0.131 e. The molecule has 1 aliphatic rings. The molecular formula is C8H10Cl2N4. The number of nitrogens with one attached hydrogen (secondary N) is 1. The van der Waals surface area contributed by atoms with E-state index in [2.05, 4.69) is 15.3 Å². The topological polar surface area (TPSA) is 63.8 Å². The van der Waals surface area contributed by atoms with Crippen molar-refractivity contribution in [3.63, 3.8) is 0 Å². The lowest BCUT2D eigenvalue weighted by Gasteiger charge is -2.04. The normalized spacial score (nSPS) is 23.1. The quantitative estimate of drug-likeness (QED) is 0.779. The van der Waals surface area contributed by atoms with Gasteiger partial charge in [-0.2, -0.15) is 0 Å². The molecule has 4 nitrogen and oxygen atoms in total. The molecule has 0 bridgehead atoms. The standard InChI is InChI=1S/C8H10Cl2N4/c9-8(10)2-5(8)3-12-7-1-6(11)13-4-14-7/h1,4-5H,2-3H2,(H3,11,12,13,14). The molecule has 0 radical (unpaired) electrons. The van der Waals surface area contributed by atoms with Gasteiger partial charge < -0.3 is 11.1 Å². The molecule has 76 valence electrons. The van der Waals surface area contributed by atoms with E-state index in [1.165, 1.54) is 6.33 Å². The van der Waals surface area contributed by atoms with Crippen LogP contribution < -0.4 is 11.1 Å². The van der Waals surface area contributed by atoms with Crippen molar-refractivity contribution < 1.29 is 0 Å². The molecule has 3 N–H and O–H groups in total. The van der Waals surface area contributed by atoms with E-state index in [0.717, 1.165) is 6.42 Å². The molecule has 6 heteroatoms. The third-order valence-corrected chi connectivity index (χ3v) is 3.10. The Balaban J connectivity index is 1.87. The van der Waals surface area contributed by atoms with Gasteiger partial charge >= 0.3 is 0 Å². The fourth-order valence-corrected chi connectivity index (χ4v) is 1.71. The summed E-state index contributed by atoms with van der Waals surface area (Å²) in [5.74, 6) is 1.44. The van der Waals surface area contributed by atoms with Gasteiger partial charge in [0.25, 0.3) is 0 Å². The van der Waals surface area contributed by atoms with Gasteiger partial charge in [-0.25, -0.2) is 9.97 Å². The lowest BCUT2D eigenvalue weighted by atomic mass is 10.4. The van der Waals surface area contributed by atoms with Gasteiger partial charge in [0.2, 0.25) is 0 Å². The molecule has 0 aliphatic heterocycles. The van der Waals surface area contributed by atoms with Crippen molar-refractivity contribution in [1.29, 1.82) is 0 Å². The average molecular weight is 233 g/mol. The van der Waals surface area contributed by atoms with Crippen LogP contribution in [0.25, 0.3) is 0 Å². The van der Waals surface area contributed by atoms with Gasteiger partial charge in [-0.1, -0.05) is 0 Å². The molecule has 1 saturated carbocycles. The van der Waals surface area contributed by atoms with Crippen LogP contribution in [0.1, 0.15) is 6.42 Å². The lowest BCUT2D eigenvalue weighted by molar-refractivity contribution is 0.868. The van der Waals surface area contributed by atoms with Crippen molar-refractivity contribution in [3.8, 4) is 0 Å². The number of nitrogens with two attached hydrogens (primary N) is 1. The Labute approximate surface area is 91.8 Å². The Kier molecular flexibility index (Phi) is 2.41. The largest absolute Gasteiger partial charge is 0.384 e. The molecule has 1 heterocycles. The summed E-state index contributed by atoms with van der Waals surface area (Å²) in [6.07, 6.45) is 2.24. The predicted octanol–water partition coefficient (Wildman–Crippen LogP) is 1.66. The summed E-state index contributed by atoms with van der Waals surface area (Å²) in [5.41, 5.74) is 5.49. The van der Waals surface area contributed by atoms with Crippen molar-refractivity contribution in [3.05, 3.63) is 12.4 Å². The van der Waals surface area contributed by atoms with Crippen LogP contribution >= 0.6 is 23.2 Å². The van der Waals surface area contributed by atoms with Crippen LogP contribution in [0.2, 0.25) is 0 Å². The summed E-state index contributed by atoms with van der Waals surface area (Å²) >= 11 is 11.7. The highest BCUT2D eigenvalue weighted by Gasteiger charge is 2.51. The highest BCUT2D eigenvalue weighted by atomic mass is 35.5. The minimum Gasteiger partial charge on any atom is -0.384 e. The summed E-state index contributed by atoms with van der Waals surface area (Å²) in [6, 6.07) is 1.67. The minimum absolute atomic E-state index is 0.294. The third kappa shape index (κ3) is 2.19. The Hall–Kier alpha value is -0.740. The number of hydrogen-bond donors (Lipinski definition) is 2. The molecule has 1 aromatic heterocycles. The summed E-state index contributed by atoms with van der Waals surface area (Å²) in [7, 11) is 0. The van der Waals surface area contributed by atoms with E-state index >= 15 is 0 Å². The molecule has 1 atom stereocenters. The number of nitrogens with zero attached hydrogens (tertiary/aromatic N) is 2. The van der Waals surface area contributed by atoms with Gasteiger partial charge in [0.05, 0.1) is 0 Å². The Morgan fingerprint density at radius 3 is 2.86 bits per heavy atom. The zero-order valence-corrected chi connectivity index (χ0v) is 8.89. The van der Waals surface area contributed by atoms with Crippen molar-refractivity contribution in [1.82, 2.24) is 9.97 Å². The monoisotopic (exact) mass is 232 g/mol. The molecule has 0 saturated heterocycles. The van der Waals surface area contributed by atoms with E-state index in [9.17, 15) is 0 Å². The van der Waals surface area contributed by atoms with E-state index in [0.29, 0.717) is 24.1 Å². The van der Waals surface area contributed by atoms with Crippen molar-refractivity contribution in [2.45, 2.75) is 10.8 Å². The fourth-order valence-electron chi connectivity index (χ4n) is 1.19. The van der Waals surface area contributed by atoms with Crippen LogP contribution in [-0.2, 0) is 0 Å². The van der Waals surface area contributed by atoms with Crippen molar-refractivity contribution in [2.75, 3.05) is 17.6 Å². The van der Waals surface area contributed by atoms with E-state index in [1.54, 1.807) is 6.07 Å². The number of halogens is 2. The number of nitrogen functional groups attached to an aromatic ring is 1. The molecule has 1 fully saturated rings. The average Bonchev–Trinajstić information content (AvgIpc) is 2.71. The first-order valence-electron chi connectivity index (χ1n) is 4.27. The zero-order valence-electron chi connectivity index (χ0n) is 7.37. The second kappa shape index (κ2) is 3.44. The molecule has 0 amide bonds. The lowest BCUT2D eigenvalue weighted by Crippen LogP contribution is -2.09. The number of rotatable bonds is 3. The second-order valence-electron chi connectivity index (χ2n) is 3.37. The molecule has 1 unspecified atom stereocenters. The van der Waals surface area contributed by atoms with Gasteiger partial charge in [0, 0.05) is 18.5 Å². The zero-order chi connectivity index (χ0) is 10.2. The number of aromatic nitrogens is 2. The van der Waals surface area contributed by atoms with Crippen LogP contribution in [0.15, 0.2) is 12.4 Å². The van der Waals surface area contributed by atoms with E-state index in [-0.39, 0.29) is 0 Å². The van der Waals surface area contributed by atoms with Gasteiger partial charge in [-0.3, -0.25) is 0 Å². The van der Waals surface area contributed by atoms with Crippen molar-refractivity contribution >= 4 is 34.8 Å². The first-order valence-corrected chi connectivity index (χ1v) is 5.03. The third-order valence-electron chi connectivity index (χ3n) is 2.17. The molecule has 1 aliphatic carbocycles. The van der Waals surface area contributed by atoms with Crippen LogP contribution in [0.3, 0.4) is 0 Å². The van der Waals surface area contributed by atoms with Crippen LogP contribution in [-0.4, -0.2) is 20.8 Å². The van der Waals surface area contributed by atoms with E-state index in [4.69, 9.17) is 28.9 Å². The van der Waals surface area contributed by atoms with Crippen LogP contribution in [0.5, 0.6) is 0 Å². The maximum absolute atomic E-state index is 5.87. The summed E-state index contributed by atoms with van der Waals surface area (Å²) in [6.45, 7) is 0.712. The SMILES string of the molecule is Nc1cc(NCC2CC2(Cl)Cl)ncn1. The van der Waals surface area contributed by atoms with Gasteiger partial charge in [0.15, 0.2) is 0 Å². The van der Waals surface area contributed by atoms with Crippen molar-refractivity contribution in [2.24, 2.45) is 5.92 Å². The Bertz CT molecular complexity index is 342. The Morgan fingerprint density at radius 1 is 1.57 bits per heavy atom. The first-order chi connectivity index (χ1) is 6.58. The van der Waals surface area contributed by atoms with E-state index < -0.39 is 4.33 Å². The molecule has 14 heavy (non-hydrogen) atoms. The molecule has 0 spiro atoms. The molecule has 1 aromatic rings. The summed E-state index contributed by atoms with van der Waals surface area (Å²) in [4.78, 5) is 7.78. The fraction of sp³-hybridized carbons (Fsp3) is 0.500. The number of anilines is 2. The number of alkyl halides is 2. The second-order valence-corrected chi connectivity index (χ2v) is 4.91. The molecule has 0 aromatic carbocycles. The molecular weight excluding hydrogens is 223 g/mol. The Morgan fingerprint density at radius 2 is 2.29 bits per heavy atom. The van der Waals surface area contributed by atoms with Gasteiger partial charge in [-0.15, -0.1) is 23.2 Å². The maximum atomic E-state index is 5.87. The first kappa shape index (κ1) is 9.80. The summed E-state index contributed by atoms with van der Waals surface area (Å²) in [5, 5.41) is 3.10. The summed E-state index contributed by atoms with van der Waals surface area (Å²) < 4.78 is -0.550. The highest BCUT2D eigenvalue weighted by molar-refractivity contribution is 6.50. The smallest absolute Gasteiger partial charge is 0.131 e. The van der Waals surface area contributed by atoms with Gasteiger partial charge in [0.1, 0.15) is 22.3 Å². The number of hydrogen-bond acceptors (Lipinski definition) is 4. The van der Waals surface area contributed by atoms with E-state index in [1.807, 2.05) is 0 Å². The predicted molar refractivity (Wildman–Crippen MR) is 57.5 cm³/mol.